The van der Waals surface area contributed by atoms with Crippen LogP contribution in [-0.4, -0.2) is 56.0 Å². The van der Waals surface area contributed by atoms with Crippen LogP contribution < -0.4 is 15.4 Å². The van der Waals surface area contributed by atoms with Gasteiger partial charge >= 0.3 is 0 Å². The van der Waals surface area contributed by atoms with E-state index in [1.165, 1.54) is 0 Å². The van der Waals surface area contributed by atoms with Crippen LogP contribution in [0.1, 0.15) is 38.2 Å². The quantitative estimate of drug-likeness (QED) is 0.350. The molecule has 0 bridgehead atoms. The highest BCUT2D eigenvalue weighted by Gasteiger charge is 2.42. The predicted molar refractivity (Wildman–Crippen MR) is 119 cm³/mol. The third-order valence-electron chi connectivity index (χ3n) is 4.79. The molecule has 0 spiro atoms. The maximum atomic E-state index is 12.7. The molecule has 1 aliphatic rings. The first-order valence-electron chi connectivity index (χ1n) is 9.23. The molecule has 27 heavy (non-hydrogen) atoms. The standard InChI is InChI=1S/C19H31N5O2.HI/c1-5-20-18(22-13-15-8-11-21-16(12-15)26-4)23-14-19(9-6-7-10-19)17(25)24(2)3;/h8,11-12H,5-7,9-10,13-14H2,1-4H3,(H2,20,22,23);1H. The fourth-order valence-corrected chi connectivity index (χ4v) is 3.42. The Morgan fingerprint density at radius 2 is 2.04 bits per heavy atom. The van der Waals surface area contributed by atoms with Crippen LogP contribution in [0.15, 0.2) is 23.3 Å². The summed E-state index contributed by atoms with van der Waals surface area (Å²) in [6, 6.07) is 3.80. The zero-order valence-corrected chi connectivity index (χ0v) is 19.1. The van der Waals surface area contributed by atoms with Crippen LogP contribution in [0.3, 0.4) is 0 Å². The number of hydrogen-bond donors (Lipinski definition) is 2. The van der Waals surface area contributed by atoms with Gasteiger partial charge in [0.05, 0.1) is 19.1 Å². The van der Waals surface area contributed by atoms with Gasteiger partial charge in [0.2, 0.25) is 11.8 Å². The van der Waals surface area contributed by atoms with E-state index in [4.69, 9.17) is 4.74 Å². The van der Waals surface area contributed by atoms with Crippen LogP contribution >= 0.6 is 24.0 Å². The number of aliphatic imine (C=N–C) groups is 1. The van der Waals surface area contributed by atoms with Gasteiger partial charge in [-0.15, -0.1) is 24.0 Å². The third-order valence-corrected chi connectivity index (χ3v) is 4.79. The highest BCUT2D eigenvalue weighted by molar-refractivity contribution is 14.0. The van der Waals surface area contributed by atoms with Crippen molar-refractivity contribution in [1.29, 1.82) is 0 Å². The van der Waals surface area contributed by atoms with Gasteiger partial charge in [0, 0.05) is 39.4 Å². The molecule has 2 N–H and O–H groups in total. The third kappa shape index (κ3) is 6.51. The van der Waals surface area contributed by atoms with E-state index < -0.39 is 0 Å². The molecule has 2 rings (SSSR count). The van der Waals surface area contributed by atoms with Gasteiger partial charge in [0.15, 0.2) is 5.96 Å². The predicted octanol–water partition coefficient (Wildman–Crippen LogP) is 2.41. The van der Waals surface area contributed by atoms with Crippen molar-refractivity contribution in [3.8, 4) is 5.88 Å². The van der Waals surface area contributed by atoms with E-state index in [9.17, 15) is 4.79 Å². The van der Waals surface area contributed by atoms with Crippen LogP contribution in [0.5, 0.6) is 5.88 Å². The molecule has 0 aromatic carbocycles. The Kier molecular flexibility index (Phi) is 9.82. The van der Waals surface area contributed by atoms with Crippen LogP contribution in [0.4, 0.5) is 0 Å². The van der Waals surface area contributed by atoms with Crippen LogP contribution in [-0.2, 0) is 11.3 Å². The number of guanidine groups is 1. The van der Waals surface area contributed by atoms with Crippen molar-refractivity contribution < 1.29 is 9.53 Å². The number of aromatic nitrogens is 1. The minimum absolute atomic E-state index is 0. The van der Waals surface area contributed by atoms with Crippen LogP contribution in [0, 0.1) is 5.41 Å². The van der Waals surface area contributed by atoms with E-state index >= 15 is 0 Å². The Hall–Kier alpha value is -1.58. The fourth-order valence-electron chi connectivity index (χ4n) is 3.42. The molecule has 0 aliphatic heterocycles. The lowest BCUT2D eigenvalue weighted by Crippen LogP contribution is -2.49. The minimum Gasteiger partial charge on any atom is -0.481 e. The van der Waals surface area contributed by atoms with Gasteiger partial charge in [-0.3, -0.25) is 4.79 Å². The lowest BCUT2D eigenvalue weighted by Gasteiger charge is -2.31. The average molecular weight is 489 g/mol. The van der Waals surface area contributed by atoms with E-state index in [-0.39, 0.29) is 35.3 Å². The van der Waals surface area contributed by atoms with Crippen molar-refractivity contribution in [1.82, 2.24) is 20.5 Å². The highest BCUT2D eigenvalue weighted by Crippen LogP contribution is 2.38. The number of carbonyl (C=O) groups is 1. The first-order chi connectivity index (χ1) is 12.5. The lowest BCUT2D eigenvalue weighted by molar-refractivity contribution is -0.138. The summed E-state index contributed by atoms with van der Waals surface area (Å²) in [6.45, 7) is 3.92. The number of rotatable bonds is 7. The number of hydrogen-bond acceptors (Lipinski definition) is 4. The zero-order chi connectivity index (χ0) is 19.0. The first-order valence-corrected chi connectivity index (χ1v) is 9.23. The van der Waals surface area contributed by atoms with Gasteiger partial charge < -0.3 is 20.3 Å². The van der Waals surface area contributed by atoms with Gasteiger partial charge in [0.25, 0.3) is 0 Å². The topological polar surface area (TPSA) is 78.9 Å². The molecule has 0 unspecified atom stereocenters. The van der Waals surface area contributed by atoms with Gasteiger partial charge in [-0.25, -0.2) is 9.98 Å². The number of carbonyl (C=O) groups excluding carboxylic acids is 1. The largest absolute Gasteiger partial charge is 0.481 e. The Labute approximate surface area is 179 Å². The Morgan fingerprint density at radius 1 is 1.33 bits per heavy atom. The molecule has 1 aromatic heterocycles. The number of amides is 1. The summed E-state index contributed by atoms with van der Waals surface area (Å²) in [4.78, 5) is 23.2. The number of halogens is 1. The number of nitrogens with one attached hydrogen (secondary N) is 2. The second-order valence-electron chi connectivity index (χ2n) is 6.94. The normalized spacial score (nSPS) is 15.6. The van der Waals surface area contributed by atoms with Crippen LogP contribution in [0.2, 0.25) is 0 Å². The first kappa shape index (κ1) is 23.5. The molecule has 0 atom stereocenters. The van der Waals surface area contributed by atoms with E-state index in [2.05, 4.69) is 20.6 Å². The minimum atomic E-state index is -0.320. The second kappa shape index (κ2) is 11.3. The van der Waals surface area contributed by atoms with Gasteiger partial charge in [0.1, 0.15) is 0 Å². The highest BCUT2D eigenvalue weighted by atomic mass is 127. The SMILES string of the molecule is CCNC(=NCc1ccnc(OC)c1)NCC1(C(=O)N(C)C)CCCC1.I. The maximum Gasteiger partial charge on any atom is 0.230 e. The molecule has 1 amide bonds. The van der Waals surface area contributed by atoms with E-state index in [1.54, 1.807) is 18.2 Å². The molecule has 1 heterocycles. The summed E-state index contributed by atoms with van der Waals surface area (Å²) >= 11 is 0. The molecule has 1 fully saturated rings. The number of methoxy groups -OCH3 is 1. The molecular formula is C19H32IN5O2. The lowest BCUT2D eigenvalue weighted by atomic mass is 9.84. The van der Waals surface area contributed by atoms with E-state index in [0.717, 1.165) is 43.8 Å². The van der Waals surface area contributed by atoms with Crippen molar-refractivity contribution in [2.45, 2.75) is 39.2 Å². The van der Waals surface area contributed by atoms with Crippen molar-refractivity contribution in [3.05, 3.63) is 23.9 Å². The molecule has 1 aromatic rings. The maximum absolute atomic E-state index is 12.7. The number of ether oxygens (including phenoxy) is 1. The number of pyridine rings is 1. The molecule has 152 valence electrons. The van der Waals surface area contributed by atoms with Crippen molar-refractivity contribution in [3.63, 3.8) is 0 Å². The van der Waals surface area contributed by atoms with Crippen molar-refractivity contribution >= 4 is 35.8 Å². The molecule has 8 heteroatoms. The van der Waals surface area contributed by atoms with Crippen molar-refractivity contribution in [2.24, 2.45) is 10.4 Å². The summed E-state index contributed by atoms with van der Waals surface area (Å²) < 4.78 is 5.15. The Morgan fingerprint density at radius 3 is 2.63 bits per heavy atom. The molecule has 1 aliphatic carbocycles. The summed E-state index contributed by atoms with van der Waals surface area (Å²) in [7, 11) is 5.26. The molecular weight excluding hydrogens is 457 g/mol. The number of nitrogens with zero attached hydrogens (tertiary/aromatic N) is 3. The Bertz CT molecular complexity index is 630. The van der Waals surface area contributed by atoms with Gasteiger partial charge in [-0.05, 0) is 31.4 Å². The molecule has 0 radical (unpaired) electrons. The summed E-state index contributed by atoms with van der Waals surface area (Å²) in [5.74, 6) is 1.51. The van der Waals surface area contributed by atoms with Crippen LogP contribution in [0.25, 0.3) is 0 Å². The monoisotopic (exact) mass is 489 g/mol. The zero-order valence-electron chi connectivity index (χ0n) is 16.7. The Balaban J connectivity index is 0.00000364. The van der Waals surface area contributed by atoms with Crippen molar-refractivity contribution in [2.75, 3.05) is 34.3 Å². The van der Waals surface area contributed by atoms with Gasteiger partial charge in [-0.2, -0.15) is 0 Å². The fraction of sp³-hybridized carbons (Fsp3) is 0.632. The molecule has 0 saturated heterocycles. The average Bonchev–Trinajstić information content (AvgIpc) is 3.13. The second-order valence-corrected chi connectivity index (χ2v) is 6.94. The molecule has 7 nitrogen and oxygen atoms in total. The van der Waals surface area contributed by atoms with Gasteiger partial charge in [-0.1, -0.05) is 12.8 Å². The summed E-state index contributed by atoms with van der Waals surface area (Å²) in [5, 5.41) is 6.64. The van der Waals surface area contributed by atoms with E-state index in [1.807, 2.05) is 33.2 Å². The molecule has 1 saturated carbocycles. The summed E-state index contributed by atoms with van der Waals surface area (Å²) in [6.07, 6.45) is 5.78. The smallest absolute Gasteiger partial charge is 0.230 e. The van der Waals surface area contributed by atoms with E-state index in [0.29, 0.717) is 19.0 Å². The summed E-state index contributed by atoms with van der Waals surface area (Å²) in [5.41, 5.74) is 0.702.